The number of ether oxygens (including phenoxy) is 1. The Morgan fingerprint density at radius 1 is 1.36 bits per heavy atom. The zero-order valence-electron chi connectivity index (χ0n) is 13.7. The van der Waals surface area contributed by atoms with E-state index < -0.39 is 16.7 Å². The molecule has 1 aromatic carbocycles. The molecule has 0 saturated heterocycles. The first-order chi connectivity index (χ1) is 11.9. The van der Waals surface area contributed by atoms with E-state index in [0.29, 0.717) is 5.82 Å². The molecular weight excluding hydrogens is 354 g/mol. The number of nitrogens with zero attached hydrogens (tertiary/aromatic N) is 3. The van der Waals surface area contributed by atoms with Crippen LogP contribution in [0.3, 0.4) is 0 Å². The van der Waals surface area contributed by atoms with Crippen LogP contribution < -0.4 is 10.1 Å². The van der Waals surface area contributed by atoms with Gasteiger partial charge in [-0.05, 0) is 25.0 Å². The number of hydrogen-bond acceptors (Lipinski definition) is 4. The summed E-state index contributed by atoms with van der Waals surface area (Å²) in [5, 5.41) is 10.6. The topological polar surface area (TPSA) is 69.0 Å². The van der Waals surface area contributed by atoms with E-state index in [9.17, 15) is 13.6 Å². The second kappa shape index (κ2) is 6.95. The van der Waals surface area contributed by atoms with Crippen molar-refractivity contribution in [1.82, 2.24) is 20.1 Å². The third-order valence-electron chi connectivity index (χ3n) is 4.26. The third kappa shape index (κ3) is 3.58. The van der Waals surface area contributed by atoms with Gasteiger partial charge in [-0.15, -0.1) is 10.2 Å². The fourth-order valence-corrected chi connectivity index (χ4v) is 3.08. The number of rotatable bonds is 5. The summed E-state index contributed by atoms with van der Waals surface area (Å²) in [5.41, 5.74) is 0. The molecule has 2 aromatic rings. The molecule has 0 atom stereocenters. The first-order valence-corrected chi connectivity index (χ1v) is 8.16. The zero-order valence-corrected chi connectivity index (χ0v) is 14.5. The molecule has 1 aromatic heterocycles. The minimum Gasteiger partial charge on any atom is -0.481 e. The number of carbonyl (C=O) groups excluding carboxylic acids is 1. The van der Waals surface area contributed by atoms with Crippen LogP contribution in [0.2, 0.25) is 5.02 Å². The second-order valence-corrected chi connectivity index (χ2v) is 6.44. The Kier molecular flexibility index (Phi) is 4.89. The Morgan fingerprint density at radius 2 is 2.04 bits per heavy atom. The Morgan fingerprint density at radius 3 is 2.72 bits per heavy atom. The van der Waals surface area contributed by atoms with Gasteiger partial charge in [0.1, 0.15) is 23.3 Å². The van der Waals surface area contributed by atoms with E-state index in [0.717, 1.165) is 30.8 Å². The van der Waals surface area contributed by atoms with Gasteiger partial charge in [0, 0.05) is 25.9 Å². The van der Waals surface area contributed by atoms with Gasteiger partial charge in [0.15, 0.2) is 17.4 Å². The summed E-state index contributed by atoms with van der Waals surface area (Å²) < 4.78 is 34.2. The molecule has 0 unspecified atom stereocenters. The molecule has 1 amide bonds. The molecule has 1 saturated carbocycles. The Bertz CT molecular complexity index is 806. The Balaban J connectivity index is 1.65. The van der Waals surface area contributed by atoms with Crippen LogP contribution in [0.1, 0.15) is 37.3 Å². The van der Waals surface area contributed by atoms with Crippen LogP contribution in [0.15, 0.2) is 12.1 Å². The number of nitrogens with one attached hydrogen (secondary N) is 1. The summed E-state index contributed by atoms with van der Waals surface area (Å²) >= 11 is 5.73. The van der Waals surface area contributed by atoms with Crippen LogP contribution in [0.4, 0.5) is 8.78 Å². The quantitative estimate of drug-likeness (QED) is 0.822. The lowest BCUT2D eigenvalue weighted by atomic mass is 9.79. The summed E-state index contributed by atoms with van der Waals surface area (Å²) in [6.07, 6.45) is 1.58. The molecule has 0 spiro atoms. The van der Waals surface area contributed by atoms with E-state index >= 15 is 0 Å². The number of benzene rings is 1. The van der Waals surface area contributed by atoms with Gasteiger partial charge in [-0.25, -0.2) is 8.78 Å². The van der Waals surface area contributed by atoms with Gasteiger partial charge in [-0.1, -0.05) is 11.6 Å². The molecule has 0 radical (unpaired) electrons. The van der Waals surface area contributed by atoms with Crippen LogP contribution in [0.5, 0.6) is 5.75 Å². The summed E-state index contributed by atoms with van der Waals surface area (Å²) in [4.78, 5) is 11.0. The fourth-order valence-electron chi connectivity index (χ4n) is 2.87. The number of aromatic nitrogens is 3. The summed E-state index contributed by atoms with van der Waals surface area (Å²) in [6, 6.07) is 2.04. The monoisotopic (exact) mass is 370 g/mol. The first kappa shape index (κ1) is 17.6. The lowest BCUT2D eigenvalue weighted by Gasteiger charge is -2.34. The standard InChI is InChI=1S/C16H17ClF2N4O2/c1-8(24)20-10-5-9(6-10)16-22-21-13(23(16)2)7-25-15-12(19)4-3-11(18)14(15)17/h3-4,9-10H,5-7H2,1-2H3,(H,20,24). The number of hydrogen-bond donors (Lipinski definition) is 1. The molecule has 6 nitrogen and oxygen atoms in total. The highest BCUT2D eigenvalue weighted by Crippen LogP contribution is 2.36. The van der Waals surface area contributed by atoms with Crippen LogP contribution in [-0.4, -0.2) is 26.7 Å². The SMILES string of the molecule is CC(=O)NC1CC(c2nnc(COc3c(F)ccc(F)c3Cl)n2C)C1. The molecular formula is C16H17ClF2N4O2. The van der Waals surface area contributed by atoms with Crippen molar-refractivity contribution in [1.29, 1.82) is 0 Å². The van der Waals surface area contributed by atoms with Gasteiger partial charge in [0.25, 0.3) is 0 Å². The molecule has 1 heterocycles. The van der Waals surface area contributed by atoms with E-state index in [-0.39, 0.29) is 30.2 Å². The maximum absolute atomic E-state index is 13.7. The highest BCUT2D eigenvalue weighted by Gasteiger charge is 2.34. The Hall–Kier alpha value is -2.22. The molecule has 0 bridgehead atoms. The number of carbonyl (C=O) groups is 1. The predicted octanol–water partition coefficient (Wildman–Crippen LogP) is 2.71. The van der Waals surface area contributed by atoms with Crippen LogP contribution in [0.25, 0.3) is 0 Å². The molecule has 25 heavy (non-hydrogen) atoms. The van der Waals surface area contributed by atoms with Crippen molar-refractivity contribution in [3.8, 4) is 5.75 Å². The summed E-state index contributed by atoms with van der Waals surface area (Å²) in [5.74, 6) is -0.465. The summed E-state index contributed by atoms with van der Waals surface area (Å²) in [7, 11) is 1.78. The predicted molar refractivity (Wildman–Crippen MR) is 86.3 cm³/mol. The third-order valence-corrected chi connectivity index (χ3v) is 4.61. The molecule has 9 heteroatoms. The molecule has 0 aliphatic heterocycles. The average molecular weight is 371 g/mol. The lowest BCUT2D eigenvalue weighted by molar-refractivity contribution is -0.120. The van der Waals surface area contributed by atoms with Crippen molar-refractivity contribution < 1.29 is 18.3 Å². The maximum atomic E-state index is 13.7. The van der Waals surface area contributed by atoms with Crippen LogP contribution in [0, 0.1) is 11.6 Å². The first-order valence-electron chi connectivity index (χ1n) is 7.78. The van der Waals surface area contributed by atoms with E-state index in [2.05, 4.69) is 15.5 Å². The van der Waals surface area contributed by atoms with E-state index in [1.165, 1.54) is 6.92 Å². The van der Waals surface area contributed by atoms with E-state index in [4.69, 9.17) is 16.3 Å². The van der Waals surface area contributed by atoms with Crippen molar-refractivity contribution in [3.05, 3.63) is 40.4 Å². The molecule has 1 aliphatic carbocycles. The molecule has 3 rings (SSSR count). The van der Waals surface area contributed by atoms with Crippen LogP contribution >= 0.6 is 11.6 Å². The fraction of sp³-hybridized carbons (Fsp3) is 0.438. The normalized spacial score (nSPS) is 19.4. The van der Waals surface area contributed by atoms with Gasteiger partial charge in [-0.3, -0.25) is 4.79 Å². The highest BCUT2D eigenvalue weighted by atomic mass is 35.5. The van der Waals surface area contributed by atoms with Gasteiger partial charge in [0.05, 0.1) is 0 Å². The van der Waals surface area contributed by atoms with E-state index in [1.807, 2.05) is 0 Å². The van der Waals surface area contributed by atoms with Crippen LogP contribution in [-0.2, 0) is 18.4 Å². The second-order valence-electron chi connectivity index (χ2n) is 6.06. The average Bonchev–Trinajstić information content (AvgIpc) is 2.87. The van der Waals surface area contributed by atoms with Gasteiger partial charge in [0.2, 0.25) is 5.91 Å². The van der Waals surface area contributed by atoms with Crippen molar-refractivity contribution in [3.63, 3.8) is 0 Å². The molecule has 1 aliphatic rings. The van der Waals surface area contributed by atoms with E-state index in [1.54, 1.807) is 11.6 Å². The lowest BCUT2D eigenvalue weighted by Crippen LogP contribution is -2.43. The van der Waals surface area contributed by atoms with Gasteiger partial charge in [-0.2, -0.15) is 0 Å². The minimum absolute atomic E-state index is 0.0514. The maximum Gasteiger partial charge on any atom is 0.217 e. The largest absolute Gasteiger partial charge is 0.481 e. The summed E-state index contributed by atoms with van der Waals surface area (Å²) in [6.45, 7) is 1.40. The zero-order chi connectivity index (χ0) is 18.1. The highest BCUT2D eigenvalue weighted by molar-refractivity contribution is 6.32. The smallest absolute Gasteiger partial charge is 0.217 e. The minimum atomic E-state index is -0.754. The molecule has 1 fully saturated rings. The Labute approximate surface area is 148 Å². The molecule has 134 valence electrons. The van der Waals surface area contributed by atoms with Crippen molar-refractivity contribution in [2.24, 2.45) is 7.05 Å². The van der Waals surface area contributed by atoms with Gasteiger partial charge < -0.3 is 14.6 Å². The van der Waals surface area contributed by atoms with Crippen molar-refractivity contribution in [2.75, 3.05) is 0 Å². The van der Waals surface area contributed by atoms with Gasteiger partial charge >= 0.3 is 0 Å². The number of halogens is 3. The number of amides is 1. The molecule has 1 N–H and O–H groups in total. The van der Waals surface area contributed by atoms with Crippen molar-refractivity contribution >= 4 is 17.5 Å². The van der Waals surface area contributed by atoms with Crippen molar-refractivity contribution in [2.45, 2.75) is 38.3 Å².